The molecule has 1 saturated heterocycles. The fourth-order valence-electron chi connectivity index (χ4n) is 2.20. The van der Waals surface area contributed by atoms with Crippen molar-refractivity contribution in [2.45, 2.75) is 44.9 Å². The third kappa shape index (κ3) is 3.62. The van der Waals surface area contributed by atoms with E-state index in [1.54, 1.807) is 0 Å². The highest BCUT2D eigenvalue weighted by Gasteiger charge is 2.17. The Kier molecular flexibility index (Phi) is 4.37. The first-order valence-electron chi connectivity index (χ1n) is 6.23. The van der Waals surface area contributed by atoms with E-state index in [4.69, 9.17) is 4.74 Å². The smallest absolute Gasteiger partial charge is 0.0590 e. The molecule has 2 rings (SSSR count). The van der Waals surface area contributed by atoms with Crippen LogP contribution in [0, 0.1) is 0 Å². The van der Waals surface area contributed by atoms with Crippen LogP contribution in [-0.2, 0) is 11.3 Å². The molecule has 1 aliphatic heterocycles. The van der Waals surface area contributed by atoms with E-state index in [9.17, 15) is 0 Å². The molecule has 2 atom stereocenters. The Bertz CT molecular complexity index is 293. The Balaban J connectivity index is 1.69. The molecule has 88 valence electrons. The van der Waals surface area contributed by atoms with E-state index in [1.807, 2.05) is 0 Å². The van der Waals surface area contributed by atoms with Gasteiger partial charge in [0.1, 0.15) is 0 Å². The summed E-state index contributed by atoms with van der Waals surface area (Å²) in [6.07, 6.45) is 4.08. The number of nitrogens with one attached hydrogen (secondary N) is 1. The zero-order valence-electron chi connectivity index (χ0n) is 9.99. The maximum absolute atomic E-state index is 5.64. The third-order valence-corrected chi connectivity index (χ3v) is 3.14. The number of hydrogen-bond acceptors (Lipinski definition) is 2. The van der Waals surface area contributed by atoms with Crippen LogP contribution in [0.15, 0.2) is 30.3 Å². The Morgan fingerprint density at radius 2 is 2.19 bits per heavy atom. The average molecular weight is 219 g/mol. The highest BCUT2D eigenvalue weighted by Crippen LogP contribution is 2.16. The fourth-order valence-corrected chi connectivity index (χ4v) is 2.20. The second-order valence-electron chi connectivity index (χ2n) is 4.64. The quantitative estimate of drug-likeness (QED) is 0.822. The van der Waals surface area contributed by atoms with Gasteiger partial charge in [-0.05, 0) is 31.7 Å². The fraction of sp³-hybridized carbons (Fsp3) is 0.571. The first kappa shape index (κ1) is 11.6. The Hall–Kier alpha value is -0.860. The minimum Gasteiger partial charge on any atom is -0.378 e. The van der Waals surface area contributed by atoms with Gasteiger partial charge >= 0.3 is 0 Å². The summed E-state index contributed by atoms with van der Waals surface area (Å²) < 4.78 is 5.64. The van der Waals surface area contributed by atoms with Crippen LogP contribution in [0.1, 0.15) is 31.7 Å². The van der Waals surface area contributed by atoms with Crippen molar-refractivity contribution in [3.05, 3.63) is 35.9 Å². The second kappa shape index (κ2) is 6.02. The molecule has 0 saturated carbocycles. The van der Waals surface area contributed by atoms with Gasteiger partial charge in [0.05, 0.1) is 6.10 Å². The monoisotopic (exact) mass is 219 g/mol. The molecule has 2 heteroatoms. The molecular weight excluding hydrogens is 198 g/mol. The van der Waals surface area contributed by atoms with Gasteiger partial charge in [-0.25, -0.2) is 0 Å². The van der Waals surface area contributed by atoms with E-state index in [0.29, 0.717) is 12.1 Å². The predicted molar refractivity (Wildman–Crippen MR) is 66.3 cm³/mol. The highest BCUT2D eigenvalue weighted by molar-refractivity contribution is 5.14. The molecule has 1 fully saturated rings. The van der Waals surface area contributed by atoms with Crippen molar-refractivity contribution in [3.63, 3.8) is 0 Å². The lowest BCUT2D eigenvalue weighted by molar-refractivity contribution is 0.0961. The maximum Gasteiger partial charge on any atom is 0.0590 e. The standard InChI is InChI=1S/C14H21NO/c1-12(10-14-8-5-9-16-14)15-11-13-6-3-2-4-7-13/h2-4,6-7,12,14-15H,5,8-11H2,1H3. The van der Waals surface area contributed by atoms with E-state index in [1.165, 1.54) is 18.4 Å². The van der Waals surface area contributed by atoms with Gasteiger partial charge in [0.2, 0.25) is 0 Å². The van der Waals surface area contributed by atoms with Crippen molar-refractivity contribution in [2.75, 3.05) is 6.61 Å². The molecular formula is C14H21NO. The third-order valence-electron chi connectivity index (χ3n) is 3.14. The minimum absolute atomic E-state index is 0.485. The SMILES string of the molecule is CC(CC1CCCO1)NCc1ccccc1. The Labute approximate surface area is 98.0 Å². The summed E-state index contributed by atoms with van der Waals surface area (Å²) in [4.78, 5) is 0. The second-order valence-corrected chi connectivity index (χ2v) is 4.64. The van der Waals surface area contributed by atoms with Crippen LogP contribution in [-0.4, -0.2) is 18.8 Å². The molecule has 1 N–H and O–H groups in total. The van der Waals surface area contributed by atoms with E-state index in [-0.39, 0.29) is 0 Å². The molecule has 2 unspecified atom stereocenters. The van der Waals surface area contributed by atoms with Crippen molar-refractivity contribution < 1.29 is 4.74 Å². The van der Waals surface area contributed by atoms with Crippen LogP contribution in [0.2, 0.25) is 0 Å². The molecule has 0 spiro atoms. The van der Waals surface area contributed by atoms with E-state index in [2.05, 4.69) is 42.6 Å². The molecule has 1 aromatic carbocycles. The molecule has 0 bridgehead atoms. The minimum atomic E-state index is 0.485. The van der Waals surface area contributed by atoms with Gasteiger partial charge in [-0.15, -0.1) is 0 Å². The first-order valence-corrected chi connectivity index (χ1v) is 6.23. The van der Waals surface area contributed by atoms with E-state index >= 15 is 0 Å². The molecule has 1 aromatic rings. The van der Waals surface area contributed by atoms with Crippen molar-refractivity contribution in [3.8, 4) is 0 Å². The van der Waals surface area contributed by atoms with E-state index in [0.717, 1.165) is 19.6 Å². The lowest BCUT2D eigenvalue weighted by Crippen LogP contribution is -2.29. The number of ether oxygens (including phenoxy) is 1. The van der Waals surface area contributed by atoms with Gasteiger partial charge in [0, 0.05) is 19.2 Å². The molecule has 0 amide bonds. The Morgan fingerprint density at radius 1 is 1.38 bits per heavy atom. The summed E-state index contributed by atoms with van der Waals surface area (Å²) in [5.74, 6) is 0. The first-order chi connectivity index (χ1) is 7.84. The normalized spacial score (nSPS) is 22.2. The van der Waals surface area contributed by atoms with Crippen molar-refractivity contribution >= 4 is 0 Å². The number of hydrogen-bond donors (Lipinski definition) is 1. The molecule has 1 aliphatic rings. The summed E-state index contributed by atoms with van der Waals surface area (Å²) >= 11 is 0. The molecule has 2 nitrogen and oxygen atoms in total. The zero-order chi connectivity index (χ0) is 11.2. The van der Waals surface area contributed by atoms with E-state index < -0.39 is 0 Å². The molecule has 1 heterocycles. The van der Waals surface area contributed by atoms with Gasteiger partial charge in [-0.3, -0.25) is 0 Å². The molecule has 0 radical (unpaired) electrons. The summed E-state index contributed by atoms with van der Waals surface area (Å²) in [7, 11) is 0. The topological polar surface area (TPSA) is 21.3 Å². The summed E-state index contributed by atoms with van der Waals surface area (Å²) in [6, 6.07) is 11.1. The molecule has 0 aromatic heterocycles. The molecule has 0 aliphatic carbocycles. The van der Waals surface area contributed by atoms with Gasteiger partial charge in [0.25, 0.3) is 0 Å². The van der Waals surface area contributed by atoms with Gasteiger partial charge in [0.15, 0.2) is 0 Å². The zero-order valence-corrected chi connectivity index (χ0v) is 9.99. The maximum atomic E-state index is 5.64. The lowest BCUT2D eigenvalue weighted by Gasteiger charge is -2.17. The predicted octanol–water partition coefficient (Wildman–Crippen LogP) is 2.73. The van der Waals surface area contributed by atoms with Crippen molar-refractivity contribution in [2.24, 2.45) is 0 Å². The van der Waals surface area contributed by atoms with Gasteiger partial charge < -0.3 is 10.1 Å². The van der Waals surface area contributed by atoms with Crippen LogP contribution >= 0.6 is 0 Å². The average Bonchev–Trinajstić information content (AvgIpc) is 2.81. The lowest BCUT2D eigenvalue weighted by atomic mass is 10.1. The van der Waals surface area contributed by atoms with Gasteiger partial charge in [-0.2, -0.15) is 0 Å². The summed E-state index contributed by atoms with van der Waals surface area (Å²) in [5, 5.41) is 3.55. The van der Waals surface area contributed by atoms with Crippen LogP contribution in [0.5, 0.6) is 0 Å². The van der Waals surface area contributed by atoms with Crippen LogP contribution in [0.4, 0.5) is 0 Å². The van der Waals surface area contributed by atoms with Crippen molar-refractivity contribution in [1.82, 2.24) is 5.32 Å². The molecule has 16 heavy (non-hydrogen) atoms. The van der Waals surface area contributed by atoms with Crippen LogP contribution in [0.25, 0.3) is 0 Å². The van der Waals surface area contributed by atoms with Gasteiger partial charge in [-0.1, -0.05) is 30.3 Å². The number of rotatable bonds is 5. The summed E-state index contributed by atoms with van der Waals surface area (Å²) in [5.41, 5.74) is 1.35. The van der Waals surface area contributed by atoms with Crippen LogP contribution < -0.4 is 5.32 Å². The largest absolute Gasteiger partial charge is 0.378 e. The highest BCUT2D eigenvalue weighted by atomic mass is 16.5. The Morgan fingerprint density at radius 3 is 2.88 bits per heavy atom. The van der Waals surface area contributed by atoms with Crippen LogP contribution in [0.3, 0.4) is 0 Å². The number of benzene rings is 1. The summed E-state index contributed by atoms with van der Waals surface area (Å²) in [6.45, 7) is 4.15. The van der Waals surface area contributed by atoms with Crippen molar-refractivity contribution in [1.29, 1.82) is 0 Å².